The van der Waals surface area contributed by atoms with Crippen LogP contribution in [0.4, 0.5) is 0 Å². The number of unbranched alkanes of at least 4 members (excludes halogenated alkanes) is 1. The predicted molar refractivity (Wildman–Crippen MR) is 57.0 cm³/mol. The molecule has 0 fully saturated rings. The lowest BCUT2D eigenvalue weighted by Gasteiger charge is -2.02. The van der Waals surface area contributed by atoms with Gasteiger partial charge < -0.3 is 4.74 Å². The van der Waals surface area contributed by atoms with Crippen LogP contribution in [0.1, 0.15) is 26.2 Å². The molecule has 0 unspecified atom stereocenters. The van der Waals surface area contributed by atoms with Gasteiger partial charge >= 0.3 is 0 Å². The second-order valence-corrected chi connectivity index (χ2v) is 3.49. The number of ether oxygens (including phenoxy) is 1. The Kier molecular flexibility index (Phi) is 8.20. The average Bonchev–Trinajstić information content (AvgIpc) is 1.89. The summed E-state index contributed by atoms with van der Waals surface area (Å²) in [5.74, 6) is 0. The summed E-state index contributed by atoms with van der Waals surface area (Å²) in [6, 6.07) is 0. The summed E-state index contributed by atoms with van der Waals surface area (Å²) in [7, 11) is 0. The zero-order chi connectivity index (χ0) is 7.82. The van der Waals surface area contributed by atoms with Crippen LogP contribution in [-0.4, -0.2) is 16.1 Å². The fraction of sp³-hybridized carbons (Fsp3) is 0.857. The standard InChI is InChI=1S/C7H13IOS/c1-2-9-7(10)5-3-4-6-8/h2-6H2,1H3. The summed E-state index contributed by atoms with van der Waals surface area (Å²) in [6.45, 7) is 2.67. The van der Waals surface area contributed by atoms with Crippen LogP contribution >= 0.6 is 34.8 Å². The summed E-state index contributed by atoms with van der Waals surface area (Å²) in [4.78, 5) is 0. The number of thiocarbonyl (C=S) groups is 1. The van der Waals surface area contributed by atoms with Crippen LogP contribution < -0.4 is 0 Å². The van der Waals surface area contributed by atoms with Crippen molar-refractivity contribution in [3.05, 3.63) is 0 Å². The highest BCUT2D eigenvalue weighted by Gasteiger charge is 1.94. The Balaban J connectivity index is 3.05. The molecule has 0 N–H and O–H groups in total. The Labute approximate surface area is 81.7 Å². The zero-order valence-electron chi connectivity index (χ0n) is 6.23. The summed E-state index contributed by atoms with van der Waals surface area (Å²) < 4.78 is 6.33. The summed E-state index contributed by atoms with van der Waals surface area (Å²) in [6.07, 6.45) is 3.36. The normalized spacial score (nSPS) is 9.40. The lowest BCUT2D eigenvalue weighted by atomic mass is 10.3. The fourth-order valence-electron chi connectivity index (χ4n) is 0.597. The molecule has 1 nitrogen and oxygen atoms in total. The van der Waals surface area contributed by atoms with E-state index in [-0.39, 0.29) is 0 Å². The van der Waals surface area contributed by atoms with Crippen LogP contribution in [0, 0.1) is 0 Å². The van der Waals surface area contributed by atoms with Crippen LogP contribution in [-0.2, 0) is 4.74 Å². The largest absolute Gasteiger partial charge is 0.487 e. The molecule has 0 rings (SSSR count). The van der Waals surface area contributed by atoms with Crippen molar-refractivity contribution in [1.29, 1.82) is 0 Å². The molecule has 0 bridgehead atoms. The monoisotopic (exact) mass is 272 g/mol. The van der Waals surface area contributed by atoms with Crippen LogP contribution in [0.3, 0.4) is 0 Å². The van der Waals surface area contributed by atoms with Crippen molar-refractivity contribution in [3.8, 4) is 0 Å². The molecule has 0 aromatic rings. The highest BCUT2D eigenvalue weighted by Crippen LogP contribution is 2.01. The third-order valence-corrected chi connectivity index (χ3v) is 2.15. The van der Waals surface area contributed by atoms with Crippen LogP contribution in [0.25, 0.3) is 0 Å². The zero-order valence-corrected chi connectivity index (χ0v) is 9.20. The second-order valence-electron chi connectivity index (χ2n) is 1.95. The number of alkyl halides is 1. The maximum absolute atomic E-state index is 5.12. The highest BCUT2D eigenvalue weighted by molar-refractivity contribution is 14.1. The first kappa shape index (κ1) is 10.6. The average molecular weight is 272 g/mol. The molecule has 0 heterocycles. The van der Waals surface area contributed by atoms with Crippen LogP contribution in [0.2, 0.25) is 0 Å². The van der Waals surface area contributed by atoms with Gasteiger partial charge in [0.25, 0.3) is 0 Å². The van der Waals surface area contributed by atoms with Crippen molar-refractivity contribution in [2.75, 3.05) is 11.0 Å². The van der Waals surface area contributed by atoms with E-state index in [1.807, 2.05) is 6.92 Å². The van der Waals surface area contributed by atoms with E-state index in [1.165, 1.54) is 17.3 Å². The molecule has 0 atom stereocenters. The fourth-order valence-corrected chi connectivity index (χ4v) is 1.40. The van der Waals surface area contributed by atoms with Crippen molar-refractivity contribution in [1.82, 2.24) is 0 Å². The van der Waals surface area contributed by atoms with E-state index in [9.17, 15) is 0 Å². The lowest BCUT2D eigenvalue weighted by molar-refractivity contribution is 0.326. The molecular weight excluding hydrogens is 259 g/mol. The smallest absolute Gasteiger partial charge is 0.159 e. The van der Waals surface area contributed by atoms with Crippen molar-refractivity contribution in [2.24, 2.45) is 0 Å². The van der Waals surface area contributed by atoms with Gasteiger partial charge in [0.15, 0.2) is 5.05 Å². The van der Waals surface area contributed by atoms with Gasteiger partial charge in [0, 0.05) is 6.42 Å². The molecule has 0 aliphatic carbocycles. The minimum Gasteiger partial charge on any atom is -0.487 e. The summed E-state index contributed by atoms with van der Waals surface area (Å²) in [5.41, 5.74) is 0. The van der Waals surface area contributed by atoms with E-state index in [0.717, 1.165) is 11.5 Å². The minimum atomic E-state index is 0.711. The Hall–Kier alpha value is 0.620. The van der Waals surface area contributed by atoms with Gasteiger partial charge in [-0.25, -0.2) is 0 Å². The van der Waals surface area contributed by atoms with E-state index < -0.39 is 0 Å². The van der Waals surface area contributed by atoms with E-state index in [4.69, 9.17) is 17.0 Å². The van der Waals surface area contributed by atoms with Gasteiger partial charge in [0.05, 0.1) is 6.61 Å². The van der Waals surface area contributed by atoms with Gasteiger partial charge in [0.2, 0.25) is 0 Å². The quantitative estimate of drug-likeness (QED) is 0.329. The maximum atomic E-state index is 5.12. The third-order valence-electron chi connectivity index (χ3n) is 1.07. The highest BCUT2D eigenvalue weighted by atomic mass is 127. The molecule has 0 aliphatic rings. The van der Waals surface area contributed by atoms with Crippen molar-refractivity contribution >= 4 is 39.9 Å². The van der Waals surface area contributed by atoms with Gasteiger partial charge in [-0.05, 0) is 36.4 Å². The van der Waals surface area contributed by atoms with E-state index in [0.29, 0.717) is 6.61 Å². The number of hydrogen-bond donors (Lipinski definition) is 0. The molecule has 0 aromatic carbocycles. The Bertz CT molecular complexity index is 95.6. The van der Waals surface area contributed by atoms with Crippen molar-refractivity contribution < 1.29 is 4.74 Å². The van der Waals surface area contributed by atoms with E-state index in [1.54, 1.807) is 0 Å². The molecule has 0 saturated heterocycles. The summed E-state index contributed by atoms with van der Waals surface area (Å²) >= 11 is 7.31. The first-order valence-electron chi connectivity index (χ1n) is 3.52. The molecule has 0 aliphatic heterocycles. The molecular formula is C7H13IOS. The Morgan fingerprint density at radius 3 is 2.70 bits per heavy atom. The van der Waals surface area contributed by atoms with Crippen molar-refractivity contribution in [2.45, 2.75) is 26.2 Å². The molecule has 0 aromatic heterocycles. The molecule has 60 valence electrons. The van der Waals surface area contributed by atoms with E-state index >= 15 is 0 Å². The number of halogens is 1. The second kappa shape index (κ2) is 7.72. The molecule has 0 radical (unpaired) electrons. The molecule has 10 heavy (non-hydrogen) atoms. The topological polar surface area (TPSA) is 9.23 Å². The van der Waals surface area contributed by atoms with E-state index in [2.05, 4.69) is 22.6 Å². The van der Waals surface area contributed by atoms with Gasteiger partial charge in [-0.15, -0.1) is 0 Å². The van der Waals surface area contributed by atoms with Crippen molar-refractivity contribution in [3.63, 3.8) is 0 Å². The Morgan fingerprint density at radius 1 is 1.50 bits per heavy atom. The molecule has 0 spiro atoms. The van der Waals surface area contributed by atoms with Crippen LogP contribution in [0.5, 0.6) is 0 Å². The first-order valence-corrected chi connectivity index (χ1v) is 5.46. The lowest BCUT2D eigenvalue weighted by Crippen LogP contribution is -2.00. The minimum absolute atomic E-state index is 0.711. The molecule has 0 amide bonds. The number of hydrogen-bond acceptors (Lipinski definition) is 2. The molecule has 3 heteroatoms. The first-order chi connectivity index (χ1) is 4.81. The van der Waals surface area contributed by atoms with Crippen LogP contribution in [0.15, 0.2) is 0 Å². The third kappa shape index (κ3) is 6.74. The predicted octanol–water partition coefficient (Wildman–Crippen LogP) is 2.96. The summed E-state index contributed by atoms with van der Waals surface area (Å²) in [5, 5.41) is 0.771. The number of rotatable bonds is 5. The van der Waals surface area contributed by atoms with Gasteiger partial charge in [-0.1, -0.05) is 22.6 Å². The SMILES string of the molecule is CCOC(=S)CCCCI. The van der Waals surface area contributed by atoms with Gasteiger partial charge in [-0.3, -0.25) is 0 Å². The maximum Gasteiger partial charge on any atom is 0.159 e. The molecule has 0 saturated carbocycles. The van der Waals surface area contributed by atoms with Gasteiger partial charge in [-0.2, -0.15) is 0 Å². The van der Waals surface area contributed by atoms with Gasteiger partial charge in [0.1, 0.15) is 0 Å². The Morgan fingerprint density at radius 2 is 2.20 bits per heavy atom.